The first-order valence-corrected chi connectivity index (χ1v) is 6.95. The number of nitrogens with one attached hydrogen (secondary N) is 1. The zero-order valence-corrected chi connectivity index (χ0v) is 12.5. The van der Waals surface area contributed by atoms with Crippen LogP contribution >= 0.6 is 0 Å². The molecule has 0 heterocycles. The minimum Gasteiger partial charge on any atom is -0.449 e. The maximum atomic E-state index is 13.5. The van der Waals surface area contributed by atoms with Crippen molar-refractivity contribution in [1.29, 1.82) is 0 Å². The highest BCUT2D eigenvalue weighted by molar-refractivity contribution is 5.93. The van der Waals surface area contributed by atoms with Crippen LogP contribution in [-0.4, -0.2) is 24.0 Å². The second-order valence-corrected chi connectivity index (χ2v) is 4.81. The Kier molecular flexibility index (Phi) is 6.14. The van der Waals surface area contributed by atoms with E-state index in [1.807, 2.05) is 13.8 Å². The summed E-state index contributed by atoms with van der Waals surface area (Å²) in [7, 11) is 0. The van der Waals surface area contributed by atoms with Crippen molar-refractivity contribution in [2.24, 2.45) is 0 Å². The number of anilines is 1. The molecule has 1 rings (SSSR count). The van der Waals surface area contributed by atoms with Gasteiger partial charge in [-0.15, -0.1) is 0 Å². The molecule has 0 fully saturated rings. The Labute approximate surface area is 123 Å². The van der Waals surface area contributed by atoms with Crippen molar-refractivity contribution in [3.8, 4) is 0 Å². The monoisotopic (exact) mass is 296 g/mol. The second-order valence-electron chi connectivity index (χ2n) is 4.81. The van der Waals surface area contributed by atoms with Gasteiger partial charge in [0, 0.05) is 11.7 Å². The second kappa shape index (κ2) is 7.61. The summed E-state index contributed by atoms with van der Waals surface area (Å²) in [6, 6.07) is 3.64. The third kappa shape index (κ3) is 4.73. The number of hydrogen-bond acceptors (Lipinski definition) is 4. The SMILES string of the molecule is CCC(CC)NC(=O)C(C)OC(=O)c1cc(N)ccc1F. The molecule has 1 aromatic carbocycles. The lowest BCUT2D eigenvalue weighted by atomic mass is 10.1. The molecule has 1 amide bonds. The van der Waals surface area contributed by atoms with Gasteiger partial charge < -0.3 is 15.8 Å². The molecule has 0 aliphatic heterocycles. The van der Waals surface area contributed by atoms with Gasteiger partial charge in [0.25, 0.3) is 5.91 Å². The van der Waals surface area contributed by atoms with Gasteiger partial charge in [0.2, 0.25) is 0 Å². The summed E-state index contributed by atoms with van der Waals surface area (Å²) in [6.45, 7) is 5.35. The van der Waals surface area contributed by atoms with Crippen molar-refractivity contribution in [3.05, 3.63) is 29.6 Å². The maximum Gasteiger partial charge on any atom is 0.341 e. The molecule has 1 atom stereocenters. The highest BCUT2D eigenvalue weighted by atomic mass is 19.1. The number of ether oxygens (including phenoxy) is 1. The third-order valence-corrected chi connectivity index (χ3v) is 3.20. The molecule has 0 bridgehead atoms. The van der Waals surface area contributed by atoms with Crippen LogP contribution < -0.4 is 11.1 Å². The summed E-state index contributed by atoms with van der Waals surface area (Å²) in [5.74, 6) is -2.05. The molecule has 1 aromatic rings. The van der Waals surface area contributed by atoms with Crippen molar-refractivity contribution >= 4 is 17.6 Å². The molecule has 0 aromatic heterocycles. The number of nitrogens with two attached hydrogens (primary N) is 1. The van der Waals surface area contributed by atoms with Crippen molar-refractivity contribution in [2.75, 3.05) is 5.73 Å². The Balaban J connectivity index is 2.69. The van der Waals surface area contributed by atoms with Crippen molar-refractivity contribution in [1.82, 2.24) is 5.32 Å². The highest BCUT2D eigenvalue weighted by Gasteiger charge is 2.22. The van der Waals surface area contributed by atoms with Gasteiger partial charge in [0.05, 0.1) is 5.56 Å². The number of carbonyl (C=O) groups is 2. The number of benzene rings is 1. The zero-order valence-electron chi connectivity index (χ0n) is 12.5. The molecule has 6 heteroatoms. The average molecular weight is 296 g/mol. The molecule has 5 nitrogen and oxygen atoms in total. The molecule has 0 radical (unpaired) electrons. The van der Waals surface area contributed by atoms with Gasteiger partial charge in [0.15, 0.2) is 6.10 Å². The van der Waals surface area contributed by atoms with E-state index in [1.54, 1.807) is 0 Å². The van der Waals surface area contributed by atoms with Gasteiger partial charge >= 0.3 is 5.97 Å². The minimum absolute atomic E-state index is 0.0303. The van der Waals surface area contributed by atoms with E-state index in [1.165, 1.54) is 19.1 Å². The number of rotatable bonds is 6. The van der Waals surface area contributed by atoms with Gasteiger partial charge in [-0.1, -0.05) is 13.8 Å². The Morgan fingerprint density at radius 1 is 1.33 bits per heavy atom. The number of esters is 1. The number of amides is 1. The van der Waals surface area contributed by atoms with Gasteiger partial charge in [-0.2, -0.15) is 0 Å². The van der Waals surface area contributed by atoms with E-state index >= 15 is 0 Å². The summed E-state index contributed by atoms with van der Waals surface area (Å²) in [5, 5.41) is 2.76. The topological polar surface area (TPSA) is 81.4 Å². The quantitative estimate of drug-likeness (QED) is 0.623. The third-order valence-electron chi connectivity index (χ3n) is 3.20. The summed E-state index contributed by atoms with van der Waals surface area (Å²) in [4.78, 5) is 23.7. The van der Waals surface area contributed by atoms with Crippen LogP contribution in [0, 0.1) is 5.82 Å². The average Bonchev–Trinajstić information content (AvgIpc) is 2.46. The molecule has 3 N–H and O–H groups in total. The van der Waals surface area contributed by atoms with Gasteiger partial charge in [-0.25, -0.2) is 9.18 Å². The minimum atomic E-state index is -1.00. The maximum absolute atomic E-state index is 13.5. The molecule has 0 aliphatic carbocycles. The lowest BCUT2D eigenvalue weighted by molar-refractivity contribution is -0.129. The van der Waals surface area contributed by atoms with Crippen molar-refractivity contribution < 1.29 is 18.7 Å². The summed E-state index contributed by atoms with van der Waals surface area (Å²) >= 11 is 0. The number of nitrogen functional groups attached to an aromatic ring is 1. The molecular formula is C15H21FN2O3. The molecular weight excluding hydrogens is 275 g/mol. The summed E-state index contributed by atoms with van der Waals surface area (Å²) < 4.78 is 18.5. The fourth-order valence-corrected chi connectivity index (χ4v) is 1.79. The van der Waals surface area contributed by atoms with Gasteiger partial charge in [0.1, 0.15) is 5.82 Å². The van der Waals surface area contributed by atoms with E-state index in [9.17, 15) is 14.0 Å². The first kappa shape index (κ1) is 16.9. The van der Waals surface area contributed by atoms with Crippen LogP contribution in [0.4, 0.5) is 10.1 Å². The number of hydrogen-bond donors (Lipinski definition) is 2. The predicted octanol–water partition coefficient (Wildman–Crippen LogP) is 2.26. The molecule has 1 unspecified atom stereocenters. The first-order valence-electron chi connectivity index (χ1n) is 6.95. The van der Waals surface area contributed by atoms with E-state index < -0.39 is 23.8 Å². The lowest BCUT2D eigenvalue weighted by Gasteiger charge is -2.18. The van der Waals surface area contributed by atoms with Crippen LogP contribution in [0.2, 0.25) is 0 Å². The largest absolute Gasteiger partial charge is 0.449 e. The fraction of sp³-hybridized carbons (Fsp3) is 0.467. The van der Waals surface area contributed by atoms with E-state index in [2.05, 4.69) is 5.32 Å². The Hall–Kier alpha value is -2.11. The van der Waals surface area contributed by atoms with Crippen LogP contribution in [0.1, 0.15) is 44.0 Å². The summed E-state index contributed by atoms with van der Waals surface area (Å²) in [6.07, 6.45) is 0.568. The van der Waals surface area contributed by atoms with Crippen molar-refractivity contribution in [3.63, 3.8) is 0 Å². The molecule has 0 spiro atoms. The zero-order chi connectivity index (χ0) is 16.0. The number of carbonyl (C=O) groups excluding carboxylic acids is 2. The molecule has 21 heavy (non-hydrogen) atoms. The van der Waals surface area contributed by atoms with E-state index in [0.717, 1.165) is 18.9 Å². The van der Waals surface area contributed by atoms with Gasteiger partial charge in [-0.3, -0.25) is 4.79 Å². The van der Waals surface area contributed by atoms with Crippen LogP contribution in [0.5, 0.6) is 0 Å². The van der Waals surface area contributed by atoms with Gasteiger partial charge in [-0.05, 0) is 38.0 Å². The van der Waals surface area contributed by atoms with Crippen LogP contribution in [-0.2, 0) is 9.53 Å². The number of halogens is 1. The molecule has 0 saturated carbocycles. The van der Waals surface area contributed by atoms with Crippen LogP contribution in [0.3, 0.4) is 0 Å². The lowest BCUT2D eigenvalue weighted by Crippen LogP contribution is -2.41. The predicted molar refractivity (Wildman–Crippen MR) is 78.2 cm³/mol. The Morgan fingerprint density at radius 2 is 1.95 bits per heavy atom. The van der Waals surface area contributed by atoms with E-state index in [0.29, 0.717) is 0 Å². The fourth-order valence-electron chi connectivity index (χ4n) is 1.79. The Morgan fingerprint density at radius 3 is 2.52 bits per heavy atom. The smallest absolute Gasteiger partial charge is 0.341 e. The first-order chi connectivity index (χ1) is 9.88. The molecule has 0 saturated heterocycles. The van der Waals surface area contributed by atoms with Crippen molar-refractivity contribution in [2.45, 2.75) is 45.8 Å². The molecule has 116 valence electrons. The Bertz CT molecular complexity index is 516. The standard InChI is InChI=1S/C15H21FN2O3/c1-4-11(5-2)18-14(19)9(3)21-15(20)12-8-10(17)6-7-13(12)16/h6-9,11H,4-5,17H2,1-3H3,(H,18,19). The normalized spacial score (nSPS) is 12.0. The van der Waals surface area contributed by atoms with E-state index in [-0.39, 0.29) is 17.3 Å². The summed E-state index contributed by atoms with van der Waals surface area (Å²) in [5.41, 5.74) is 5.47. The van der Waals surface area contributed by atoms with Crippen LogP contribution in [0.25, 0.3) is 0 Å². The van der Waals surface area contributed by atoms with E-state index in [4.69, 9.17) is 10.5 Å². The highest BCUT2D eigenvalue weighted by Crippen LogP contribution is 2.14. The molecule has 0 aliphatic rings. The van der Waals surface area contributed by atoms with Crippen LogP contribution in [0.15, 0.2) is 18.2 Å².